The molecule has 1 atom stereocenters. The van der Waals surface area contributed by atoms with Gasteiger partial charge in [0.15, 0.2) is 5.82 Å². The van der Waals surface area contributed by atoms with Gasteiger partial charge in [-0.3, -0.25) is 4.79 Å². The zero-order valence-electron chi connectivity index (χ0n) is 13.3. The van der Waals surface area contributed by atoms with Gasteiger partial charge in [-0.15, -0.1) is 0 Å². The standard InChI is InChI=1S/C18H12Cl2FN3O2/c19-12-5-2-1-4-11(12)17-22-18(26-23-17)10-8-15(25)24(9-10)14-7-3-6-13(20)16(14)21/h1-7,10H,8-9H2. The molecule has 1 aliphatic heterocycles. The summed E-state index contributed by atoms with van der Waals surface area (Å²) >= 11 is 12.0. The number of benzene rings is 2. The lowest BCUT2D eigenvalue weighted by Gasteiger charge is -2.17. The SMILES string of the molecule is O=C1CC(c2nc(-c3ccccc3Cl)no2)CN1c1cccc(Cl)c1F. The summed E-state index contributed by atoms with van der Waals surface area (Å²) in [6, 6.07) is 11.7. The van der Waals surface area contributed by atoms with Crippen LogP contribution in [0.2, 0.25) is 10.0 Å². The first-order chi connectivity index (χ1) is 12.5. The van der Waals surface area contributed by atoms with E-state index in [2.05, 4.69) is 10.1 Å². The largest absolute Gasteiger partial charge is 0.339 e. The number of hydrogen-bond donors (Lipinski definition) is 0. The number of halogens is 3. The molecule has 4 rings (SSSR count). The zero-order valence-corrected chi connectivity index (χ0v) is 14.8. The highest BCUT2D eigenvalue weighted by Crippen LogP contribution is 2.35. The number of amides is 1. The second-order valence-electron chi connectivity index (χ2n) is 5.91. The fraction of sp³-hybridized carbons (Fsp3) is 0.167. The van der Waals surface area contributed by atoms with Crippen LogP contribution in [-0.4, -0.2) is 22.6 Å². The molecule has 0 aliphatic carbocycles. The van der Waals surface area contributed by atoms with E-state index in [1.165, 1.54) is 17.0 Å². The molecule has 5 nitrogen and oxygen atoms in total. The van der Waals surface area contributed by atoms with Crippen LogP contribution in [0.3, 0.4) is 0 Å². The maximum absolute atomic E-state index is 14.2. The Labute approximate surface area is 158 Å². The molecule has 1 aromatic heterocycles. The van der Waals surface area contributed by atoms with E-state index in [-0.39, 0.29) is 35.5 Å². The molecular weight excluding hydrogens is 380 g/mol. The minimum atomic E-state index is -0.620. The topological polar surface area (TPSA) is 59.2 Å². The molecule has 0 N–H and O–H groups in total. The number of hydrogen-bond acceptors (Lipinski definition) is 4. The van der Waals surface area contributed by atoms with Gasteiger partial charge in [0.1, 0.15) is 0 Å². The van der Waals surface area contributed by atoms with Crippen LogP contribution in [-0.2, 0) is 4.79 Å². The molecule has 8 heteroatoms. The average Bonchev–Trinajstić information content (AvgIpc) is 3.25. The van der Waals surface area contributed by atoms with E-state index in [4.69, 9.17) is 27.7 Å². The molecule has 0 spiro atoms. The summed E-state index contributed by atoms with van der Waals surface area (Å²) in [6.07, 6.45) is 0.149. The van der Waals surface area contributed by atoms with Gasteiger partial charge in [-0.05, 0) is 24.3 Å². The Morgan fingerprint density at radius 3 is 2.69 bits per heavy atom. The van der Waals surface area contributed by atoms with Crippen LogP contribution in [0.25, 0.3) is 11.4 Å². The molecule has 1 aliphatic rings. The number of rotatable bonds is 3. The number of aromatic nitrogens is 2. The van der Waals surface area contributed by atoms with Crippen molar-refractivity contribution < 1.29 is 13.7 Å². The van der Waals surface area contributed by atoms with Gasteiger partial charge in [-0.25, -0.2) is 4.39 Å². The van der Waals surface area contributed by atoms with Crippen molar-refractivity contribution >= 4 is 34.8 Å². The minimum Gasteiger partial charge on any atom is -0.339 e. The van der Waals surface area contributed by atoms with E-state index in [9.17, 15) is 9.18 Å². The highest BCUT2D eigenvalue weighted by molar-refractivity contribution is 6.33. The van der Waals surface area contributed by atoms with Gasteiger partial charge in [-0.2, -0.15) is 4.98 Å². The van der Waals surface area contributed by atoms with Gasteiger partial charge < -0.3 is 9.42 Å². The fourth-order valence-corrected chi connectivity index (χ4v) is 3.35. The number of carbonyl (C=O) groups excluding carboxylic acids is 1. The van der Waals surface area contributed by atoms with Crippen molar-refractivity contribution in [3.63, 3.8) is 0 Å². The second-order valence-corrected chi connectivity index (χ2v) is 6.73. The summed E-state index contributed by atoms with van der Waals surface area (Å²) in [5, 5.41) is 4.43. The smallest absolute Gasteiger partial charge is 0.232 e. The summed E-state index contributed by atoms with van der Waals surface area (Å²) in [6.45, 7) is 0.236. The molecule has 3 aromatic rings. The van der Waals surface area contributed by atoms with E-state index in [0.717, 1.165) is 0 Å². The van der Waals surface area contributed by atoms with Gasteiger partial charge in [-0.1, -0.05) is 46.6 Å². The minimum absolute atomic E-state index is 0.0300. The van der Waals surface area contributed by atoms with Gasteiger partial charge in [0.25, 0.3) is 0 Å². The average molecular weight is 392 g/mol. The Bertz CT molecular complexity index is 992. The molecule has 0 radical (unpaired) electrons. The highest BCUT2D eigenvalue weighted by Gasteiger charge is 2.36. The van der Waals surface area contributed by atoms with Gasteiger partial charge in [0.05, 0.1) is 21.7 Å². The van der Waals surface area contributed by atoms with Gasteiger partial charge >= 0.3 is 0 Å². The Balaban J connectivity index is 1.60. The summed E-state index contributed by atoms with van der Waals surface area (Å²) in [4.78, 5) is 18.1. The van der Waals surface area contributed by atoms with Crippen molar-refractivity contribution in [1.29, 1.82) is 0 Å². The lowest BCUT2D eigenvalue weighted by Crippen LogP contribution is -2.25. The molecule has 0 saturated carbocycles. The predicted octanol–water partition coefficient (Wildman–Crippen LogP) is 4.70. The van der Waals surface area contributed by atoms with E-state index in [1.807, 2.05) is 6.07 Å². The molecule has 1 fully saturated rings. The fourth-order valence-electron chi connectivity index (χ4n) is 2.96. The molecule has 26 heavy (non-hydrogen) atoms. The van der Waals surface area contributed by atoms with Crippen molar-refractivity contribution in [3.05, 3.63) is 64.2 Å². The van der Waals surface area contributed by atoms with E-state index in [1.54, 1.807) is 24.3 Å². The Hall–Kier alpha value is -2.44. The lowest BCUT2D eigenvalue weighted by molar-refractivity contribution is -0.117. The van der Waals surface area contributed by atoms with Crippen LogP contribution in [0.15, 0.2) is 47.0 Å². The number of nitrogens with zero attached hydrogens (tertiary/aromatic N) is 3. The molecule has 0 bridgehead atoms. The summed E-state index contributed by atoms with van der Waals surface area (Å²) in [5.74, 6) is -0.507. The van der Waals surface area contributed by atoms with Crippen molar-refractivity contribution in [2.24, 2.45) is 0 Å². The van der Waals surface area contributed by atoms with Crippen molar-refractivity contribution in [1.82, 2.24) is 10.1 Å². The molecule has 1 amide bonds. The first-order valence-corrected chi connectivity index (χ1v) is 8.63. The Morgan fingerprint density at radius 2 is 1.88 bits per heavy atom. The molecule has 132 valence electrons. The van der Waals surface area contributed by atoms with Crippen LogP contribution in [0.1, 0.15) is 18.2 Å². The van der Waals surface area contributed by atoms with Gasteiger partial charge in [0.2, 0.25) is 17.6 Å². The maximum atomic E-state index is 14.2. The van der Waals surface area contributed by atoms with Crippen LogP contribution in [0.5, 0.6) is 0 Å². The molecular formula is C18H12Cl2FN3O2. The Morgan fingerprint density at radius 1 is 1.12 bits per heavy atom. The summed E-state index contributed by atoms with van der Waals surface area (Å²) < 4.78 is 19.6. The number of carbonyl (C=O) groups is 1. The third-order valence-electron chi connectivity index (χ3n) is 4.25. The van der Waals surface area contributed by atoms with Crippen LogP contribution < -0.4 is 4.90 Å². The molecule has 1 unspecified atom stereocenters. The van der Waals surface area contributed by atoms with Crippen molar-refractivity contribution in [2.75, 3.05) is 11.4 Å². The Kier molecular flexibility index (Phi) is 4.38. The molecule has 1 saturated heterocycles. The highest BCUT2D eigenvalue weighted by atomic mass is 35.5. The normalized spacial score (nSPS) is 17.1. The quantitative estimate of drug-likeness (QED) is 0.648. The summed E-state index contributed by atoms with van der Waals surface area (Å²) in [7, 11) is 0. The van der Waals surface area contributed by atoms with Crippen molar-refractivity contribution in [3.8, 4) is 11.4 Å². The first-order valence-electron chi connectivity index (χ1n) is 7.87. The van der Waals surface area contributed by atoms with E-state index in [0.29, 0.717) is 22.3 Å². The van der Waals surface area contributed by atoms with Crippen molar-refractivity contribution in [2.45, 2.75) is 12.3 Å². The lowest BCUT2D eigenvalue weighted by atomic mass is 10.1. The summed E-state index contributed by atoms with van der Waals surface area (Å²) in [5.41, 5.74) is 0.794. The third kappa shape index (κ3) is 2.95. The monoisotopic (exact) mass is 391 g/mol. The number of anilines is 1. The van der Waals surface area contributed by atoms with Crippen LogP contribution >= 0.6 is 23.2 Å². The van der Waals surface area contributed by atoms with E-state index < -0.39 is 5.82 Å². The maximum Gasteiger partial charge on any atom is 0.232 e. The van der Waals surface area contributed by atoms with Gasteiger partial charge in [0, 0.05) is 18.5 Å². The zero-order chi connectivity index (χ0) is 18.3. The van der Waals surface area contributed by atoms with Crippen LogP contribution in [0.4, 0.5) is 10.1 Å². The first kappa shape index (κ1) is 17.0. The van der Waals surface area contributed by atoms with Crippen LogP contribution in [0, 0.1) is 5.82 Å². The third-order valence-corrected chi connectivity index (χ3v) is 4.87. The molecule has 2 heterocycles. The van der Waals surface area contributed by atoms with E-state index >= 15 is 0 Å². The predicted molar refractivity (Wildman–Crippen MR) is 95.9 cm³/mol. The molecule has 2 aromatic carbocycles. The second kappa shape index (κ2) is 6.70.